The molecule has 1 N–H and O–H groups in total. The minimum atomic E-state index is -0.452. The molecule has 1 fully saturated rings. The van der Waals surface area contributed by atoms with E-state index < -0.39 is 5.82 Å². The predicted molar refractivity (Wildman–Crippen MR) is 109 cm³/mol. The number of carbonyl (C=O) groups excluding carboxylic acids is 1. The highest BCUT2D eigenvalue weighted by Gasteiger charge is 2.30. The molecule has 4 rings (SSSR count). The van der Waals surface area contributed by atoms with Crippen molar-refractivity contribution in [2.24, 2.45) is 0 Å². The van der Waals surface area contributed by atoms with Crippen molar-refractivity contribution in [1.29, 1.82) is 0 Å². The number of halogens is 1. The number of aliphatic hydroxyl groups excluding tert-OH is 1. The molecule has 1 aliphatic rings. The summed E-state index contributed by atoms with van der Waals surface area (Å²) in [6.07, 6.45) is 1.64. The van der Waals surface area contributed by atoms with Crippen LogP contribution in [0.4, 0.5) is 4.39 Å². The van der Waals surface area contributed by atoms with E-state index >= 15 is 0 Å². The lowest BCUT2D eigenvalue weighted by Gasteiger charge is -2.24. The van der Waals surface area contributed by atoms with E-state index in [2.05, 4.69) is 4.98 Å². The van der Waals surface area contributed by atoms with Gasteiger partial charge in [-0.3, -0.25) is 4.79 Å². The Morgan fingerprint density at radius 2 is 2.10 bits per heavy atom. The quantitative estimate of drug-likeness (QED) is 0.710. The molecule has 1 saturated heterocycles. The van der Waals surface area contributed by atoms with Crippen LogP contribution in [0.2, 0.25) is 0 Å². The van der Waals surface area contributed by atoms with Crippen LogP contribution in [0.3, 0.4) is 0 Å². The third-order valence-electron chi connectivity index (χ3n) is 5.32. The third-order valence-corrected chi connectivity index (χ3v) is 5.32. The Morgan fingerprint density at radius 3 is 2.86 bits per heavy atom. The summed E-state index contributed by atoms with van der Waals surface area (Å²) in [5.41, 5.74) is 1.81. The molecule has 5 nitrogen and oxygen atoms in total. The van der Waals surface area contributed by atoms with Gasteiger partial charge in [0.15, 0.2) is 0 Å². The van der Waals surface area contributed by atoms with Crippen LogP contribution in [0.5, 0.6) is 5.75 Å². The highest BCUT2D eigenvalue weighted by molar-refractivity contribution is 6.07. The lowest BCUT2D eigenvalue weighted by molar-refractivity contribution is 0.0679. The van der Waals surface area contributed by atoms with Gasteiger partial charge in [0.1, 0.15) is 11.6 Å². The number of benzene rings is 2. The molecule has 0 bridgehead atoms. The Kier molecular flexibility index (Phi) is 5.45. The van der Waals surface area contributed by atoms with Crippen molar-refractivity contribution in [2.45, 2.75) is 25.8 Å². The fourth-order valence-corrected chi connectivity index (χ4v) is 3.90. The van der Waals surface area contributed by atoms with Crippen LogP contribution in [-0.4, -0.2) is 46.7 Å². The molecule has 1 atom stereocenters. The summed E-state index contributed by atoms with van der Waals surface area (Å²) in [4.78, 5) is 19.6. The fraction of sp³-hybridized carbons (Fsp3) is 0.304. The largest absolute Gasteiger partial charge is 0.494 e. The van der Waals surface area contributed by atoms with E-state index in [0.29, 0.717) is 41.2 Å². The van der Waals surface area contributed by atoms with Crippen LogP contribution in [-0.2, 0) is 0 Å². The molecule has 29 heavy (non-hydrogen) atoms. The average Bonchev–Trinajstić information content (AvgIpc) is 3.22. The molecule has 2 heterocycles. The van der Waals surface area contributed by atoms with Gasteiger partial charge in [-0.25, -0.2) is 9.37 Å². The third kappa shape index (κ3) is 3.68. The number of nitrogens with zero attached hydrogens (tertiary/aromatic N) is 2. The molecular weight excluding hydrogens is 371 g/mol. The summed E-state index contributed by atoms with van der Waals surface area (Å²) < 4.78 is 20.1. The molecule has 1 unspecified atom stereocenters. The van der Waals surface area contributed by atoms with Crippen molar-refractivity contribution in [3.63, 3.8) is 0 Å². The number of aliphatic hydroxyl groups is 1. The van der Waals surface area contributed by atoms with Crippen molar-refractivity contribution in [2.75, 3.05) is 19.8 Å². The summed E-state index contributed by atoms with van der Waals surface area (Å²) in [6, 6.07) is 13.5. The zero-order valence-corrected chi connectivity index (χ0v) is 16.3. The van der Waals surface area contributed by atoms with Gasteiger partial charge < -0.3 is 14.7 Å². The number of rotatable bonds is 5. The van der Waals surface area contributed by atoms with Crippen molar-refractivity contribution >= 4 is 16.8 Å². The van der Waals surface area contributed by atoms with E-state index in [1.807, 2.05) is 31.2 Å². The minimum Gasteiger partial charge on any atom is -0.494 e. The standard InChI is InChI=1S/C23H23FN2O3/c1-2-29-16-9-10-18(20(24)12-16)22-13-19(17-7-3-4-8-21(17)25-22)23(28)26-11-5-6-15(26)14-27/h3-4,7-10,12-13,15,27H,2,5-6,11,14H2,1H3. The Balaban J connectivity index is 1.82. The summed E-state index contributed by atoms with van der Waals surface area (Å²) >= 11 is 0. The topological polar surface area (TPSA) is 62.7 Å². The SMILES string of the molecule is CCOc1ccc(-c2cc(C(=O)N3CCCC3CO)c3ccccc3n2)c(F)c1. The number of hydrogen-bond donors (Lipinski definition) is 1. The van der Waals surface area contributed by atoms with Gasteiger partial charge in [-0.2, -0.15) is 0 Å². The van der Waals surface area contributed by atoms with Crippen LogP contribution < -0.4 is 4.74 Å². The van der Waals surface area contributed by atoms with Crippen molar-refractivity contribution in [3.05, 3.63) is 59.9 Å². The molecule has 150 valence electrons. The fourth-order valence-electron chi connectivity index (χ4n) is 3.90. The Labute approximate surface area is 168 Å². The van der Waals surface area contributed by atoms with Crippen LogP contribution in [0.1, 0.15) is 30.1 Å². The Bertz CT molecular complexity index is 1050. The van der Waals surface area contributed by atoms with Crippen LogP contribution in [0, 0.1) is 5.82 Å². The maximum absolute atomic E-state index is 14.8. The summed E-state index contributed by atoms with van der Waals surface area (Å²) in [6.45, 7) is 2.84. The number of fused-ring (bicyclic) bond motifs is 1. The first-order valence-electron chi connectivity index (χ1n) is 9.86. The van der Waals surface area contributed by atoms with Gasteiger partial charge >= 0.3 is 0 Å². The van der Waals surface area contributed by atoms with Gasteiger partial charge in [0.2, 0.25) is 0 Å². The average molecular weight is 394 g/mol. The normalized spacial score (nSPS) is 16.4. The monoisotopic (exact) mass is 394 g/mol. The first-order chi connectivity index (χ1) is 14.1. The highest BCUT2D eigenvalue weighted by Crippen LogP contribution is 2.30. The smallest absolute Gasteiger partial charge is 0.254 e. The second-order valence-electron chi connectivity index (χ2n) is 7.12. The molecule has 3 aromatic rings. The molecule has 1 amide bonds. The predicted octanol–water partition coefficient (Wildman–Crippen LogP) is 4.04. The molecule has 2 aromatic carbocycles. The summed E-state index contributed by atoms with van der Waals surface area (Å²) in [5.74, 6) is -0.159. The molecular formula is C23H23FN2O3. The Hall–Kier alpha value is -2.99. The van der Waals surface area contributed by atoms with Gasteiger partial charge in [-0.05, 0) is 44.0 Å². The zero-order valence-electron chi connectivity index (χ0n) is 16.3. The number of aromatic nitrogens is 1. The molecule has 1 aromatic heterocycles. The van der Waals surface area contributed by atoms with Gasteiger partial charge in [-0.15, -0.1) is 0 Å². The number of amides is 1. The molecule has 0 spiro atoms. The number of likely N-dealkylation sites (tertiary alicyclic amines) is 1. The molecule has 6 heteroatoms. The number of carbonyl (C=O) groups is 1. The van der Waals surface area contributed by atoms with E-state index in [0.717, 1.165) is 18.2 Å². The maximum Gasteiger partial charge on any atom is 0.254 e. The highest BCUT2D eigenvalue weighted by atomic mass is 19.1. The number of para-hydroxylation sites is 1. The Morgan fingerprint density at radius 1 is 1.28 bits per heavy atom. The van der Waals surface area contributed by atoms with Crippen LogP contribution >= 0.6 is 0 Å². The van der Waals surface area contributed by atoms with Crippen molar-refractivity contribution in [3.8, 4) is 17.0 Å². The molecule has 0 saturated carbocycles. The second-order valence-corrected chi connectivity index (χ2v) is 7.12. The van der Waals surface area contributed by atoms with Crippen molar-refractivity contribution in [1.82, 2.24) is 9.88 Å². The lowest BCUT2D eigenvalue weighted by atomic mass is 10.0. The maximum atomic E-state index is 14.8. The van der Waals surface area contributed by atoms with Gasteiger partial charge in [-0.1, -0.05) is 18.2 Å². The van der Waals surface area contributed by atoms with E-state index in [1.54, 1.807) is 23.1 Å². The van der Waals surface area contributed by atoms with Crippen molar-refractivity contribution < 1.29 is 19.0 Å². The molecule has 0 radical (unpaired) electrons. The minimum absolute atomic E-state index is 0.0604. The summed E-state index contributed by atoms with van der Waals surface area (Å²) in [5, 5.41) is 10.3. The first kappa shape index (κ1) is 19.3. The van der Waals surface area contributed by atoms with Crippen LogP contribution in [0.25, 0.3) is 22.2 Å². The van der Waals surface area contributed by atoms with E-state index in [9.17, 15) is 14.3 Å². The van der Waals surface area contributed by atoms with E-state index in [-0.39, 0.29) is 18.6 Å². The second kappa shape index (κ2) is 8.17. The van der Waals surface area contributed by atoms with Gasteiger partial charge in [0.05, 0.1) is 36.0 Å². The number of ether oxygens (including phenoxy) is 1. The number of pyridine rings is 1. The zero-order chi connectivity index (χ0) is 20.4. The van der Waals surface area contributed by atoms with E-state index in [4.69, 9.17) is 4.74 Å². The van der Waals surface area contributed by atoms with Crippen LogP contribution in [0.15, 0.2) is 48.5 Å². The first-order valence-corrected chi connectivity index (χ1v) is 9.86. The van der Waals surface area contributed by atoms with Gasteiger partial charge in [0, 0.05) is 23.6 Å². The van der Waals surface area contributed by atoms with E-state index in [1.165, 1.54) is 6.07 Å². The number of hydrogen-bond acceptors (Lipinski definition) is 4. The summed E-state index contributed by atoms with van der Waals surface area (Å²) in [7, 11) is 0. The van der Waals surface area contributed by atoms with Gasteiger partial charge in [0.25, 0.3) is 5.91 Å². The lowest BCUT2D eigenvalue weighted by Crippen LogP contribution is -2.37. The molecule has 1 aliphatic heterocycles. The molecule has 0 aliphatic carbocycles.